The van der Waals surface area contributed by atoms with Crippen LogP contribution in [0.3, 0.4) is 0 Å². The first-order valence-electron chi connectivity index (χ1n) is 5.52. The fraction of sp³-hybridized carbons (Fsp3) is 0.727. The van der Waals surface area contributed by atoms with E-state index in [1.165, 1.54) is 0 Å². The Hall–Kier alpha value is -0.920. The van der Waals surface area contributed by atoms with E-state index in [9.17, 15) is 13.2 Å². The molecule has 0 rings (SSSR count). The molecular weight excluding hydrogens is 258 g/mol. The quantitative estimate of drug-likeness (QED) is 0.443. The maximum Gasteiger partial charge on any atom is 0.333 e. The van der Waals surface area contributed by atoms with Crippen molar-refractivity contribution in [1.29, 1.82) is 0 Å². The average Bonchev–Trinajstić information content (AvgIpc) is 2.23. The Bertz CT molecular complexity index is 348. The number of hydrogen-bond acceptors (Lipinski definition) is 5. The van der Waals surface area contributed by atoms with Crippen molar-refractivity contribution in [3.05, 3.63) is 12.2 Å². The molecule has 6 nitrogen and oxygen atoms in total. The van der Waals surface area contributed by atoms with Gasteiger partial charge in [0.2, 0.25) is 0 Å². The van der Waals surface area contributed by atoms with Gasteiger partial charge in [-0.25, -0.2) is 4.79 Å². The summed E-state index contributed by atoms with van der Waals surface area (Å²) in [5, 5.41) is 0. The summed E-state index contributed by atoms with van der Waals surface area (Å²) in [6.07, 6.45) is 0.860. The molecule has 0 bridgehead atoms. The fourth-order valence-corrected chi connectivity index (χ4v) is 1.21. The van der Waals surface area contributed by atoms with Crippen molar-refractivity contribution in [3.8, 4) is 0 Å². The van der Waals surface area contributed by atoms with Crippen LogP contribution in [0.15, 0.2) is 12.2 Å². The molecule has 18 heavy (non-hydrogen) atoms. The van der Waals surface area contributed by atoms with E-state index in [-0.39, 0.29) is 11.7 Å². The molecule has 0 saturated carbocycles. The van der Waals surface area contributed by atoms with Crippen molar-refractivity contribution in [1.82, 2.24) is 4.90 Å². The molecule has 0 amide bonds. The summed E-state index contributed by atoms with van der Waals surface area (Å²) in [6, 6.07) is 0. The molecule has 0 aliphatic rings. The zero-order valence-corrected chi connectivity index (χ0v) is 12.3. The highest BCUT2D eigenvalue weighted by atomic mass is 32.2. The second kappa shape index (κ2) is 10.0. The van der Waals surface area contributed by atoms with Gasteiger partial charge in [-0.2, -0.15) is 8.42 Å². The van der Waals surface area contributed by atoms with Crippen molar-refractivity contribution >= 4 is 16.1 Å². The summed E-state index contributed by atoms with van der Waals surface area (Å²) in [4.78, 5) is 12.3. The summed E-state index contributed by atoms with van der Waals surface area (Å²) < 4.78 is 33.1. The average molecular weight is 281 g/mol. The highest BCUT2D eigenvalue weighted by Gasteiger charge is 2.03. The van der Waals surface area contributed by atoms with Crippen LogP contribution < -0.4 is 0 Å². The normalized spacial score (nSPS) is 10.6. The Kier molecular flexibility index (Phi) is 10.8. The smallest absolute Gasteiger partial charge is 0.333 e. The van der Waals surface area contributed by atoms with Crippen molar-refractivity contribution in [3.63, 3.8) is 0 Å². The topological polar surface area (TPSA) is 83.9 Å². The van der Waals surface area contributed by atoms with Crippen molar-refractivity contribution < 1.29 is 22.5 Å². The van der Waals surface area contributed by atoms with Crippen molar-refractivity contribution in [2.75, 3.05) is 33.0 Å². The van der Waals surface area contributed by atoms with Crippen LogP contribution in [0, 0.1) is 0 Å². The van der Waals surface area contributed by atoms with Gasteiger partial charge in [0.05, 0.1) is 12.4 Å². The number of carbonyl (C=O) groups excluding carboxylic acids is 1. The summed E-state index contributed by atoms with van der Waals surface area (Å²) in [5.74, 6) is -0.489. The number of nitrogens with zero attached hydrogens (tertiary/aromatic N) is 1. The maximum atomic E-state index is 10.6. The van der Waals surface area contributed by atoms with Crippen LogP contribution in [0.1, 0.15) is 20.3 Å². The summed E-state index contributed by atoms with van der Waals surface area (Å²) >= 11 is 0. The molecule has 0 aliphatic heterocycles. The number of hydrogen-bond donors (Lipinski definition) is 1. The van der Waals surface area contributed by atoms with Gasteiger partial charge in [0.15, 0.2) is 0 Å². The Morgan fingerprint density at radius 3 is 2.11 bits per heavy atom. The summed E-state index contributed by atoms with van der Waals surface area (Å²) in [5.41, 5.74) is 0.462. The monoisotopic (exact) mass is 281 g/mol. The van der Waals surface area contributed by atoms with Crippen LogP contribution in [0.5, 0.6) is 0 Å². The van der Waals surface area contributed by atoms with E-state index >= 15 is 0 Å². The zero-order valence-electron chi connectivity index (χ0n) is 11.5. The molecule has 0 fully saturated rings. The molecule has 0 aromatic heterocycles. The first-order chi connectivity index (χ1) is 8.10. The van der Waals surface area contributed by atoms with Gasteiger partial charge in [0.1, 0.15) is 0 Å². The van der Waals surface area contributed by atoms with Crippen LogP contribution >= 0.6 is 0 Å². The van der Waals surface area contributed by atoms with E-state index in [1.54, 1.807) is 25.9 Å². The largest absolute Gasteiger partial charge is 0.462 e. The van der Waals surface area contributed by atoms with E-state index in [4.69, 9.17) is 9.29 Å². The molecule has 0 aliphatic carbocycles. The lowest BCUT2D eigenvalue weighted by molar-refractivity contribution is -0.138. The first-order valence-corrected chi connectivity index (χ1v) is 7.13. The van der Waals surface area contributed by atoms with Gasteiger partial charge < -0.3 is 9.64 Å². The number of esters is 1. The van der Waals surface area contributed by atoms with Crippen LogP contribution in [0.4, 0.5) is 0 Å². The van der Waals surface area contributed by atoms with Crippen LogP contribution in [-0.2, 0) is 19.6 Å². The molecule has 108 valence electrons. The lowest BCUT2D eigenvalue weighted by atomic mass is 10.4. The minimum Gasteiger partial charge on any atom is -0.462 e. The molecule has 0 radical (unpaired) electrons. The Balaban J connectivity index is 0. The third kappa shape index (κ3) is 17.5. The molecule has 7 heteroatoms. The molecule has 0 aromatic rings. The standard InChI is InChI=1S/C7H12O2.C4H11NO3S/c1-4-5-9-7(8)6(2)3;1-5(2)3-4-9(6,7)8/h2,4-5H2,1,3H3;3-4H2,1-2H3,(H,6,7,8). The van der Waals surface area contributed by atoms with Crippen molar-refractivity contribution in [2.45, 2.75) is 20.3 Å². The summed E-state index contributed by atoms with van der Waals surface area (Å²) in [7, 11) is -0.278. The van der Waals surface area contributed by atoms with Gasteiger partial charge in [-0.15, -0.1) is 0 Å². The first kappa shape index (κ1) is 19.4. The van der Waals surface area contributed by atoms with Gasteiger partial charge >= 0.3 is 5.97 Å². The maximum absolute atomic E-state index is 10.6. The third-order valence-corrected chi connectivity index (χ3v) is 2.28. The number of carbonyl (C=O) groups is 1. The van der Waals surface area contributed by atoms with E-state index in [0.29, 0.717) is 18.7 Å². The molecule has 1 N–H and O–H groups in total. The van der Waals surface area contributed by atoms with Crippen molar-refractivity contribution in [2.24, 2.45) is 0 Å². The second-order valence-electron chi connectivity index (χ2n) is 4.01. The molecule has 0 saturated heterocycles. The van der Waals surface area contributed by atoms with E-state index in [1.807, 2.05) is 6.92 Å². The van der Waals surface area contributed by atoms with E-state index in [0.717, 1.165) is 6.42 Å². The van der Waals surface area contributed by atoms with E-state index < -0.39 is 10.1 Å². The molecule has 0 atom stereocenters. The summed E-state index contributed by atoms with van der Waals surface area (Å²) in [6.45, 7) is 7.87. The lowest BCUT2D eigenvalue weighted by Crippen LogP contribution is -2.21. The SMILES string of the molecule is C=C(C)C(=O)OCCC.CN(C)CCS(=O)(=O)O. The highest BCUT2D eigenvalue weighted by molar-refractivity contribution is 7.85. The molecule has 0 aromatic carbocycles. The van der Waals surface area contributed by atoms with Gasteiger partial charge in [-0.05, 0) is 27.4 Å². The van der Waals surface area contributed by atoms with Crippen LogP contribution in [0.25, 0.3) is 0 Å². The Labute approximate surface area is 109 Å². The van der Waals surface area contributed by atoms with Gasteiger partial charge in [-0.1, -0.05) is 13.5 Å². The minimum absolute atomic E-state index is 0.194. The van der Waals surface area contributed by atoms with Crippen LogP contribution in [-0.4, -0.2) is 56.8 Å². The Morgan fingerprint density at radius 2 is 1.89 bits per heavy atom. The predicted octanol–water partition coefficient (Wildman–Crippen LogP) is 0.952. The molecule has 0 spiro atoms. The number of rotatable bonds is 6. The lowest BCUT2D eigenvalue weighted by Gasteiger charge is -2.05. The second-order valence-corrected chi connectivity index (χ2v) is 5.58. The Morgan fingerprint density at radius 1 is 1.39 bits per heavy atom. The molecule has 0 unspecified atom stereocenters. The predicted molar refractivity (Wildman–Crippen MR) is 71.0 cm³/mol. The third-order valence-electron chi connectivity index (χ3n) is 1.58. The fourth-order valence-electron chi connectivity index (χ4n) is 0.616. The molecular formula is C11H23NO5S. The van der Waals surface area contributed by atoms with Crippen LogP contribution in [0.2, 0.25) is 0 Å². The van der Waals surface area contributed by atoms with Gasteiger partial charge in [-0.3, -0.25) is 4.55 Å². The van der Waals surface area contributed by atoms with E-state index in [2.05, 4.69) is 6.58 Å². The zero-order chi connectivity index (χ0) is 14.8. The molecule has 0 heterocycles. The minimum atomic E-state index is -3.76. The van der Waals surface area contributed by atoms with Gasteiger partial charge in [0.25, 0.3) is 10.1 Å². The number of ether oxygens (including phenoxy) is 1. The highest BCUT2D eigenvalue weighted by Crippen LogP contribution is 1.91. The van der Waals surface area contributed by atoms with Gasteiger partial charge in [0, 0.05) is 12.1 Å².